The van der Waals surface area contributed by atoms with E-state index in [4.69, 9.17) is 0 Å². The summed E-state index contributed by atoms with van der Waals surface area (Å²) in [6, 6.07) is 6.13. The summed E-state index contributed by atoms with van der Waals surface area (Å²) in [6.45, 7) is 6.85. The van der Waals surface area contributed by atoms with Crippen molar-refractivity contribution in [3.8, 4) is 5.75 Å². The van der Waals surface area contributed by atoms with Crippen LogP contribution in [0.5, 0.6) is 5.75 Å². The number of hydrogen-bond acceptors (Lipinski definition) is 3. The quantitative estimate of drug-likeness (QED) is 0.368. The van der Waals surface area contributed by atoms with Gasteiger partial charge >= 0.3 is 12.5 Å². The lowest BCUT2D eigenvalue weighted by Crippen LogP contribution is -2.45. The Balaban J connectivity index is 2.23. The van der Waals surface area contributed by atoms with Crippen LogP contribution < -0.4 is 10.1 Å². The molecule has 1 atom stereocenters. The molecule has 146 valence electrons. The predicted octanol–water partition coefficient (Wildman–Crippen LogP) is 4.62. The molecule has 1 aromatic rings. The third-order valence-corrected chi connectivity index (χ3v) is 4.51. The maximum atomic E-state index is 13.5. The minimum atomic E-state index is -4.51. The third kappa shape index (κ3) is 5.71. The molecule has 1 heterocycles. The molecule has 0 saturated carbocycles. The number of ether oxygens (including phenoxy) is 1. The van der Waals surface area contributed by atoms with Crippen molar-refractivity contribution in [1.29, 1.82) is 0 Å². The van der Waals surface area contributed by atoms with Crippen molar-refractivity contribution in [3.63, 3.8) is 0 Å². The Hall–Kier alpha value is -1.60. The lowest BCUT2D eigenvalue weighted by molar-refractivity contribution is -0.253. The van der Waals surface area contributed by atoms with E-state index >= 15 is 0 Å². The van der Waals surface area contributed by atoms with Crippen molar-refractivity contribution >= 4 is 0 Å². The van der Waals surface area contributed by atoms with E-state index in [9.17, 15) is 17.6 Å². The van der Waals surface area contributed by atoms with Gasteiger partial charge in [-0.3, -0.25) is 4.90 Å². The summed E-state index contributed by atoms with van der Waals surface area (Å²) >= 11 is 0. The van der Waals surface area contributed by atoms with Gasteiger partial charge in [0.2, 0.25) is 0 Å². The number of piperazine rings is 1. The molecule has 0 bridgehead atoms. The lowest BCUT2D eigenvalue weighted by Gasteiger charge is -2.36. The van der Waals surface area contributed by atoms with Crippen LogP contribution >= 0.6 is 0 Å². The molecule has 1 N–H and O–H groups in total. The zero-order valence-corrected chi connectivity index (χ0v) is 14.8. The van der Waals surface area contributed by atoms with Crippen LogP contribution in [0.3, 0.4) is 0 Å². The first-order valence-electron chi connectivity index (χ1n) is 8.95. The molecule has 1 saturated heterocycles. The molecule has 0 amide bonds. The van der Waals surface area contributed by atoms with Gasteiger partial charge in [-0.2, -0.15) is 17.6 Å². The first kappa shape index (κ1) is 20.7. The van der Waals surface area contributed by atoms with Gasteiger partial charge in [0.15, 0.2) is 0 Å². The monoisotopic (exact) mass is 374 g/mol. The number of allylic oxidation sites excluding steroid dienone is 1. The van der Waals surface area contributed by atoms with Gasteiger partial charge in [0.1, 0.15) is 5.75 Å². The zero-order chi connectivity index (χ0) is 19.0. The van der Waals surface area contributed by atoms with Crippen LogP contribution in [0.25, 0.3) is 0 Å². The minimum absolute atomic E-state index is 0.147. The fourth-order valence-electron chi connectivity index (χ4n) is 3.19. The summed E-state index contributed by atoms with van der Waals surface area (Å²) < 4.78 is 56.5. The summed E-state index contributed by atoms with van der Waals surface area (Å²) in [5.41, 5.74) is 0.535. The fourth-order valence-corrected chi connectivity index (χ4v) is 3.19. The Kier molecular flexibility index (Phi) is 7.90. The van der Waals surface area contributed by atoms with Gasteiger partial charge in [-0.25, -0.2) is 0 Å². The van der Waals surface area contributed by atoms with E-state index in [1.165, 1.54) is 12.1 Å². The molecule has 0 unspecified atom stereocenters. The van der Waals surface area contributed by atoms with Crippen molar-refractivity contribution in [1.82, 2.24) is 10.2 Å². The number of nitrogens with one attached hydrogen (secondary N) is 1. The van der Waals surface area contributed by atoms with Crippen LogP contribution in [0.4, 0.5) is 17.6 Å². The normalized spacial score (nSPS) is 17.3. The summed E-state index contributed by atoms with van der Waals surface area (Å²) in [5.74, 6) is -0.176. The largest absolute Gasteiger partial charge is 0.461 e. The Labute approximate surface area is 152 Å². The molecule has 1 aliphatic heterocycles. The molecule has 0 radical (unpaired) electrons. The van der Waals surface area contributed by atoms with Gasteiger partial charge in [-0.1, -0.05) is 30.7 Å². The molecular weight excluding hydrogens is 348 g/mol. The smallest absolute Gasteiger partial charge is 0.428 e. The van der Waals surface area contributed by atoms with E-state index in [0.29, 0.717) is 5.56 Å². The Morgan fingerprint density at radius 1 is 1.19 bits per heavy atom. The summed E-state index contributed by atoms with van der Waals surface area (Å²) in [6.07, 6.45) is -3.07. The molecule has 26 heavy (non-hydrogen) atoms. The molecule has 7 heteroatoms. The summed E-state index contributed by atoms with van der Waals surface area (Å²) in [7, 11) is 0. The van der Waals surface area contributed by atoms with Crippen LogP contribution in [-0.2, 0) is 0 Å². The van der Waals surface area contributed by atoms with Crippen molar-refractivity contribution in [2.24, 2.45) is 0 Å². The van der Waals surface area contributed by atoms with Crippen molar-refractivity contribution in [2.45, 2.75) is 44.3 Å². The van der Waals surface area contributed by atoms with Crippen LogP contribution in [-0.4, -0.2) is 43.6 Å². The van der Waals surface area contributed by atoms with Crippen molar-refractivity contribution in [3.05, 3.63) is 42.5 Å². The van der Waals surface area contributed by atoms with E-state index < -0.39 is 12.5 Å². The number of para-hydroxylation sites is 1. The van der Waals surface area contributed by atoms with Gasteiger partial charge in [0.25, 0.3) is 0 Å². The Bertz CT molecular complexity index is 562. The highest BCUT2D eigenvalue weighted by Crippen LogP contribution is 2.37. The van der Waals surface area contributed by atoms with Crippen molar-refractivity contribution in [2.75, 3.05) is 26.2 Å². The van der Waals surface area contributed by atoms with E-state index in [0.717, 1.165) is 51.9 Å². The molecule has 0 spiro atoms. The van der Waals surface area contributed by atoms with E-state index in [1.54, 1.807) is 12.1 Å². The second kappa shape index (κ2) is 9.92. The predicted molar refractivity (Wildman–Crippen MR) is 93.9 cm³/mol. The number of unbranched alkanes of at least 4 members (excludes halogenated alkanes) is 2. The second-order valence-corrected chi connectivity index (χ2v) is 6.38. The summed E-state index contributed by atoms with van der Waals surface area (Å²) in [4.78, 5) is 2.20. The number of rotatable bonds is 10. The van der Waals surface area contributed by atoms with Gasteiger partial charge < -0.3 is 10.1 Å². The highest BCUT2D eigenvalue weighted by molar-refractivity contribution is 5.36. The highest BCUT2D eigenvalue weighted by Gasteiger charge is 2.44. The number of hydrogen-bond donors (Lipinski definition) is 1. The van der Waals surface area contributed by atoms with Gasteiger partial charge in [0.05, 0.1) is 0 Å². The Morgan fingerprint density at radius 2 is 1.88 bits per heavy atom. The second-order valence-electron chi connectivity index (χ2n) is 6.38. The van der Waals surface area contributed by atoms with Crippen LogP contribution in [0.15, 0.2) is 36.9 Å². The molecule has 3 nitrogen and oxygen atoms in total. The molecular formula is C19H26F4N2O. The zero-order valence-electron chi connectivity index (χ0n) is 14.8. The highest BCUT2D eigenvalue weighted by atomic mass is 19.3. The topological polar surface area (TPSA) is 24.5 Å². The molecule has 1 fully saturated rings. The van der Waals surface area contributed by atoms with E-state index in [2.05, 4.69) is 21.5 Å². The summed E-state index contributed by atoms with van der Waals surface area (Å²) in [5, 5.41) is 3.26. The molecule has 0 aliphatic carbocycles. The van der Waals surface area contributed by atoms with Crippen LogP contribution in [0.2, 0.25) is 0 Å². The van der Waals surface area contributed by atoms with Crippen LogP contribution in [0, 0.1) is 0 Å². The maximum Gasteiger partial charge on any atom is 0.461 e. The van der Waals surface area contributed by atoms with Crippen LogP contribution in [0.1, 0.15) is 37.3 Å². The SMILES string of the molecule is C=CCCCC[C@H](c1ccccc1OC(F)(F)C(F)F)N1CCNCC1. The number of alkyl halides is 4. The number of benzene rings is 1. The fraction of sp³-hybridized carbons (Fsp3) is 0.579. The lowest BCUT2D eigenvalue weighted by atomic mass is 9.97. The number of halogens is 4. The number of nitrogens with zero attached hydrogens (tertiary/aromatic N) is 1. The average molecular weight is 374 g/mol. The standard InChI is InChI=1S/C19H26F4N2O/c1-2-3-4-5-9-16(25-13-11-24-12-14-25)15-8-6-7-10-17(15)26-19(22,23)18(20)21/h2,6-8,10,16,18,24H,1,3-5,9,11-14H2/t16-/m1/s1. The van der Waals surface area contributed by atoms with Crippen molar-refractivity contribution < 1.29 is 22.3 Å². The third-order valence-electron chi connectivity index (χ3n) is 4.51. The van der Waals surface area contributed by atoms with Gasteiger partial charge in [0, 0.05) is 37.8 Å². The first-order valence-corrected chi connectivity index (χ1v) is 8.95. The Morgan fingerprint density at radius 3 is 2.54 bits per heavy atom. The molecule has 1 aromatic carbocycles. The van der Waals surface area contributed by atoms with E-state index in [-0.39, 0.29) is 11.8 Å². The minimum Gasteiger partial charge on any atom is -0.428 e. The van der Waals surface area contributed by atoms with Gasteiger partial charge in [-0.15, -0.1) is 6.58 Å². The average Bonchev–Trinajstić information content (AvgIpc) is 2.63. The maximum absolute atomic E-state index is 13.5. The molecule has 2 rings (SSSR count). The molecule has 1 aliphatic rings. The van der Waals surface area contributed by atoms with Gasteiger partial charge in [-0.05, 0) is 25.3 Å². The van der Waals surface area contributed by atoms with E-state index in [1.807, 2.05) is 6.08 Å². The first-order chi connectivity index (χ1) is 12.5. The molecule has 0 aromatic heterocycles.